The second kappa shape index (κ2) is 6.12. The molecule has 0 spiro atoms. The van der Waals surface area contributed by atoms with Crippen molar-refractivity contribution in [3.63, 3.8) is 0 Å². The molecule has 4 rings (SSSR count). The molecule has 6 heteroatoms. The highest BCUT2D eigenvalue weighted by Gasteiger charge is 2.36. The number of amides is 1. The molecule has 2 heterocycles. The number of morpholine rings is 1. The topological polar surface area (TPSA) is 60.2 Å². The maximum Gasteiger partial charge on any atom is 0.254 e. The zero-order valence-electron chi connectivity index (χ0n) is 13.0. The molecular formula is C17H20N4O2. The standard InChI is InChI=1S/C17H20N4O2/c22-17(20-9-10-23-16-4-2-1-3-15(16)20)13-5-7-14(8-6-13)21-12-18-11-19-21/h5-8,11-12,15-16H,1-4,9-10H2/t15-,16-/m0/s1. The number of carbonyl (C=O) groups excluding carboxylic acids is 1. The maximum atomic E-state index is 12.9. The number of carbonyl (C=O) groups is 1. The summed E-state index contributed by atoms with van der Waals surface area (Å²) in [5.41, 5.74) is 1.62. The summed E-state index contributed by atoms with van der Waals surface area (Å²) in [5, 5.41) is 4.10. The van der Waals surface area contributed by atoms with Crippen molar-refractivity contribution in [1.29, 1.82) is 0 Å². The monoisotopic (exact) mass is 312 g/mol. The zero-order chi connectivity index (χ0) is 15.6. The second-order valence-electron chi connectivity index (χ2n) is 6.15. The minimum atomic E-state index is 0.107. The first-order chi connectivity index (χ1) is 11.3. The molecule has 0 radical (unpaired) electrons. The fourth-order valence-electron chi connectivity index (χ4n) is 3.61. The molecule has 1 aliphatic heterocycles. The highest BCUT2D eigenvalue weighted by atomic mass is 16.5. The van der Waals surface area contributed by atoms with Gasteiger partial charge in [0.2, 0.25) is 0 Å². The quantitative estimate of drug-likeness (QED) is 0.851. The first-order valence-corrected chi connectivity index (χ1v) is 8.20. The van der Waals surface area contributed by atoms with Gasteiger partial charge in [-0.2, -0.15) is 5.10 Å². The number of ether oxygens (including phenoxy) is 1. The largest absolute Gasteiger partial charge is 0.374 e. The fourth-order valence-corrected chi connectivity index (χ4v) is 3.61. The van der Waals surface area contributed by atoms with E-state index in [9.17, 15) is 4.79 Å². The van der Waals surface area contributed by atoms with E-state index in [2.05, 4.69) is 10.1 Å². The van der Waals surface area contributed by atoms with Gasteiger partial charge in [-0.3, -0.25) is 4.79 Å². The molecule has 2 aromatic rings. The summed E-state index contributed by atoms with van der Waals surface area (Å²) in [5.74, 6) is 0.107. The average molecular weight is 312 g/mol. The van der Waals surface area contributed by atoms with Crippen LogP contribution < -0.4 is 0 Å². The molecule has 6 nitrogen and oxygen atoms in total. The number of nitrogens with zero attached hydrogens (tertiary/aromatic N) is 4. The lowest BCUT2D eigenvalue weighted by Gasteiger charge is -2.43. The fraction of sp³-hybridized carbons (Fsp3) is 0.471. The van der Waals surface area contributed by atoms with Crippen molar-refractivity contribution in [2.75, 3.05) is 13.2 Å². The van der Waals surface area contributed by atoms with Gasteiger partial charge in [-0.25, -0.2) is 9.67 Å². The number of hydrogen-bond acceptors (Lipinski definition) is 4. The molecular weight excluding hydrogens is 292 g/mol. The van der Waals surface area contributed by atoms with Gasteiger partial charge in [0.25, 0.3) is 5.91 Å². The van der Waals surface area contributed by atoms with Crippen molar-refractivity contribution < 1.29 is 9.53 Å². The summed E-state index contributed by atoms with van der Waals surface area (Å²) >= 11 is 0. The molecule has 1 amide bonds. The lowest BCUT2D eigenvalue weighted by Crippen LogP contribution is -2.54. The summed E-state index contributed by atoms with van der Waals surface area (Å²) in [6, 6.07) is 7.78. The van der Waals surface area contributed by atoms with Gasteiger partial charge in [-0.05, 0) is 37.1 Å². The van der Waals surface area contributed by atoms with E-state index in [1.54, 1.807) is 11.0 Å². The Bertz CT molecular complexity index is 666. The molecule has 120 valence electrons. The van der Waals surface area contributed by atoms with Crippen LogP contribution >= 0.6 is 0 Å². The molecule has 0 N–H and O–H groups in total. The number of hydrogen-bond donors (Lipinski definition) is 0. The molecule has 2 atom stereocenters. The van der Waals surface area contributed by atoms with Crippen LogP contribution in [0.5, 0.6) is 0 Å². The Hall–Kier alpha value is -2.21. The highest BCUT2D eigenvalue weighted by Crippen LogP contribution is 2.29. The van der Waals surface area contributed by atoms with Crippen LogP contribution in [0.4, 0.5) is 0 Å². The predicted octanol–water partition coefficient (Wildman–Crippen LogP) is 2.05. The van der Waals surface area contributed by atoms with Crippen molar-refractivity contribution >= 4 is 5.91 Å². The van der Waals surface area contributed by atoms with E-state index in [0.717, 1.165) is 24.1 Å². The number of benzene rings is 1. The number of rotatable bonds is 2. The highest BCUT2D eigenvalue weighted by molar-refractivity contribution is 5.94. The average Bonchev–Trinajstić information content (AvgIpc) is 3.15. The zero-order valence-corrected chi connectivity index (χ0v) is 13.0. The Labute approximate surface area is 135 Å². The Kier molecular flexibility index (Phi) is 3.83. The smallest absolute Gasteiger partial charge is 0.254 e. The van der Waals surface area contributed by atoms with Crippen molar-refractivity contribution in [1.82, 2.24) is 19.7 Å². The molecule has 2 aliphatic rings. The molecule has 1 saturated carbocycles. The third kappa shape index (κ3) is 2.74. The van der Waals surface area contributed by atoms with Gasteiger partial charge in [0.15, 0.2) is 0 Å². The Balaban J connectivity index is 1.54. The van der Waals surface area contributed by atoms with Crippen LogP contribution in [0.15, 0.2) is 36.9 Å². The van der Waals surface area contributed by atoms with Gasteiger partial charge < -0.3 is 9.64 Å². The molecule has 1 aromatic heterocycles. The van der Waals surface area contributed by atoms with Crippen molar-refractivity contribution in [3.8, 4) is 5.69 Å². The molecule has 0 bridgehead atoms. The maximum absolute atomic E-state index is 12.9. The van der Waals surface area contributed by atoms with Crippen molar-refractivity contribution in [2.24, 2.45) is 0 Å². The van der Waals surface area contributed by atoms with E-state index < -0.39 is 0 Å². The minimum Gasteiger partial charge on any atom is -0.374 e. The van der Waals surface area contributed by atoms with Gasteiger partial charge >= 0.3 is 0 Å². The van der Waals surface area contributed by atoms with Gasteiger partial charge in [0.1, 0.15) is 12.7 Å². The van der Waals surface area contributed by atoms with Gasteiger partial charge in [-0.1, -0.05) is 12.8 Å². The summed E-state index contributed by atoms with van der Waals surface area (Å²) < 4.78 is 7.53. The van der Waals surface area contributed by atoms with Crippen LogP contribution in [-0.2, 0) is 4.74 Å². The Morgan fingerprint density at radius 2 is 2.00 bits per heavy atom. The normalized spacial score (nSPS) is 24.3. The van der Waals surface area contributed by atoms with E-state index in [1.807, 2.05) is 29.2 Å². The first-order valence-electron chi connectivity index (χ1n) is 8.20. The predicted molar refractivity (Wildman–Crippen MR) is 84.4 cm³/mol. The van der Waals surface area contributed by atoms with Crippen LogP contribution in [0, 0.1) is 0 Å². The van der Waals surface area contributed by atoms with Crippen molar-refractivity contribution in [2.45, 2.75) is 37.8 Å². The summed E-state index contributed by atoms with van der Waals surface area (Å²) in [6.07, 6.45) is 7.86. The van der Waals surface area contributed by atoms with E-state index in [4.69, 9.17) is 4.74 Å². The van der Waals surface area contributed by atoms with Crippen LogP contribution in [0.2, 0.25) is 0 Å². The van der Waals surface area contributed by atoms with Crippen molar-refractivity contribution in [3.05, 3.63) is 42.5 Å². The number of aromatic nitrogens is 3. The Morgan fingerprint density at radius 3 is 2.78 bits per heavy atom. The van der Waals surface area contributed by atoms with Crippen LogP contribution in [-0.4, -0.2) is 50.9 Å². The van der Waals surface area contributed by atoms with Gasteiger partial charge in [0.05, 0.1) is 24.4 Å². The molecule has 2 fully saturated rings. The minimum absolute atomic E-state index is 0.107. The molecule has 1 saturated heterocycles. The van der Waals surface area contributed by atoms with Gasteiger partial charge in [-0.15, -0.1) is 0 Å². The van der Waals surface area contributed by atoms with Gasteiger partial charge in [0, 0.05) is 12.1 Å². The van der Waals surface area contributed by atoms with Crippen LogP contribution in [0.3, 0.4) is 0 Å². The van der Waals surface area contributed by atoms with E-state index in [0.29, 0.717) is 13.2 Å². The molecule has 0 unspecified atom stereocenters. The molecule has 1 aromatic carbocycles. The lowest BCUT2D eigenvalue weighted by molar-refractivity contribution is -0.0752. The van der Waals surface area contributed by atoms with E-state index in [-0.39, 0.29) is 18.1 Å². The first kappa shape index (κ1) is 14.4. The lowest BCUT2D eigenvalue weighted by atomic mass is 9.89. The SMILES string of the molecule is O=C(c1ccc(-n2cncn2)cc1)N1CCO[C@H]2CCCC[C@@H]21. The third-order valence-corrected chi connectivity index (χ3v) is 4.79. The van der Waals surface area contributed by atoms with E-state index >= 15 is 0 Å². The Morgan fingerprint density at radius 1 is 1.17 bits per heavy atom. The van der Waals surface area contributed by atoms with E-state index in [1.165, 1.54) is 19.2 Å². The molecule has 23 heavy (non-hydrogen) atoms. The third-order valence-electron chi connectivity index (χ3n) is 4.79. The van der Waals surface area contributed by atoms with Crippen LogP contribution in [0.1, 0.15) is 36.0 Å². The summed E-state index contributed by atoms with van der Waals surface area (Å²) in [6.45, 7) is 1.33. The summed E-state index contributed by atoms with van der Waals surface area (Å²) in [4.78, 5) is 18.8. The van der Waals surface area contributed by atoms with Crippen LogP contribution in [0.25, 0.3) is 5.69 Å². The second-order valence-corrected chi connectivity index (χ2v) is 6.15. The molecule has 1 aliphatic carbocycles. The summed E-state index contributed by atoms with van der Waals surface area (Å²) in [7, 11) is 0. The number of fused-ring (bicyclic) bond motifs is 1.